The van der Waals surface area contributed by atoms with Gasteiger partial charge in [0.05, 0.1) is 37.8 Å². The van der Waals surface area contributed by atoms with Crippen molar-refractivity contribution in [3.8, 4) is 28.4 Å². The number of hydrogen-bond donors (Lipinski definition) is 1. The summed E-state index contributed by atoms with van der Waals surface area (Å²) in [5, 5.41) is 4.38. The van der Waals surface area contributed by atoms with E-state index in [0.29, 0.717) is 56.2 Å². The Balaban J connectivity index is 2.19. The number of rotatable bonds is 5. The highest BCUT2D eigenvalue weighted by Crippen LogP contribution is 2.49. The lowest BCUT2D eigenvalue weighted by Gasteiger charge is -2.22. The van der Waals surface area contributed by atoms with Gasteiger partial charge in [0, 0.05) is 17.7 Å². The van der Waals surface area contributed by atoms with Crippen molar-refractivity contribution in [2.24, 2.45) is 0 Å². The predicted molar refractivity (Wildman–Crippen MR) is 121 cm³/mol. The molecular weight excluding hydrogens is 398 g/mol. The molecule has 1 N–H and O–H groups in total. The molecule has 0 unspecified atom stereocenters. The quantitative estimate of drug-likeness (QED) is 0.428. The topological polar surface area (TPSA) is 83.1 Å². The van der Waals surface area contributed by atoms with Gasteiger partial charge in [0.15, 0.2) is 5.58 Å². The number of benzene rings is 2. The lowest BCUT2D eigenvalue weighted by molar-refractivity contribution is 0.377. The van der Waals surface area contributed by atoms with Crippen LogP contribution in [0, 0.1) is 0 Å². The Morgan fingerprint density at radius 3 is 2.10 bits per heavy atom. The molecule has 0 bridgehead atoms. The molecule has 0 saturated carbocycles. The Morgan fingerprint density at radius 2 is 1.52 bits per heavy atom. The van der Waals surface area contributed by atoms with Crippen molar-refractivity contribution >= 4 is 27.8 Å². The molecule has 7 heteroatoms. The van der Waals surface area contributed by atoms with E-state index in [1.54, 1.807) is 39.5 Å². The molecule has 4 aromatic rings. The molecule has 2 aromatic carbocycles. The fraction of sp³-hybridized carbons (Fsp3) is 0.292. The van der Waals surface area contributed by atoms with Gasteiger partial charge < -0.3 is 28.4 Å². The third kappa shape index (κ3) is 3.56. The van der Waals surface area contributed by atoms with Gasteiger partial charge in [-0.2, -0.15) is 0 Å². The van der Waals surface area contributed by atoms with Crippen LogP contribution in [-0.4, -0.2) is 26.9 Å². The van der Waals surface area contributed by atoms with Crippen molar-refractivity contribution in [1.82, 2.24) is 0 Å². The van der Waals surface area contributed by atoms with Crippen LogP contribution in [-0.2, 0) is 0 Å². The van der Waals surface area contributed by atoms with Crippen molar-refractivity contribution in [1.29, 1.82) is 0 Å². The summed E-state index contributed by atoms with van der Waals surface area (Å²) in [6.07, 6.45) is 0. The van der Waals surface area contributed by atoms with E-state index < -0.39 is 5.63 Å². The van der Waals surface area contributed by atoms with Crippen LogP contribution in [0.1, 0.15) is 20.8 Å². The minimum absolute atomic E-state index is 0.312. The van der Waals surface area contributed by atoms with Gasteiger partial charge in [0.1, 0.15) is 28.2 Å². The Bertz CT molecular complexity index is 1300. The second-order valence-electron chi connectivity index (χ2n) is 8.18. The highest BCUT2D eigenvalue weighted by molar-refractivity contribution is 6.11. The van der Waals surface area contributed by atoms with Gasteiger partial charge in [-0.05, 0) is 32.9 Å². The van der Waals surface area contributed by atoms with E-state index in [2.05, 4.69) is 5.32 Å². The maximum absolute atomic E-state index is 13.1. The van der Waals surface area contributed by atoms with Crippen LogP contribution in [0.15, 0.2) is 50.0 Å². The van der Waals surface area contributed by atoms with Crippen molar-refractivity contribution in [3.05, 3.63) is 46.8 Å². The standard InChI is InChI=1S/C24H25NO6/c1-24(2,3)25-22-19(18-16(28-5)11-13(27-4)12-17(18)29-6)20-21(31-22)14-9-7-8-10-15(14)30-23(20)26/h7-12,25H,1-6H3. The van der Waals surface area contributed by atoms with Crippen LogP contribution in [0.25, 0.3) is 33.1 Å². The van der Waals surface area contributed by atoms with Crippen molar-refractivity contribution in [2.75, 3.05) is 26.6 Å². The third-order valence-corrected chi connectivity index (χ3v) is 4.90. The molecule has 0 spiro atoms. The summed E-state index contributed by atoms with van der Waals surface area (Å²) < 4.78 is 28.6. The first kappa shape index (κ1) is 20.7. The van der Waals surface area contributed by atoms with E-state index >= 15 is 0 Å². The maximum Gasteiger partial charge on any atom is 0.348 e. The number of ether oxygens (including phenoxy) is 3. The molecule has 4 rings (SSSR count). The van der Waals surface area contributed by atoms with Crippen molar-refractivity contribution in [3.63, 3.8) is 0 Å². The number of fused-ring (bicyclic) bond motifs is 3. The molecular formula is C24H25NO6. The predicted octanol–water partition coefficient (Wildman–Crippen LogP) is 5.44. The van der Waals surface area contributed by atoms with Crippen LogP contribution in [0.3, 0.4) is 0 Å². The first-order valence-corrected chi connectivity index (χ1v) is 9.84. The molecule has 0 amide bonds. The number of para-hydroxylation sites is 1. The van der Waals surface area contributed by atoms with Gasteiger partial charge >= 0.3 is 5.63 Å². The molecule has 0 fully saturated rings. The Morgan fingerprint density at radius 1 is 0.871 bits per heavy atom. The van der Waals surface area contributed by atoms with Gasteiger partial charge in [-0.25, -0.2) is 4.79 Å². The second-order valence-corrected chi connectivity index (χ2v) is 8.18. The summed E-state index contributed by atoms with van der Waals surface area (Å²) in [5.41, 5.74) is 1.13. The zero-order valence-electron chi connectivity index (χ0n) is 18.4. The Hall–Kier alpha value is -3.61. The van der Waals surface area contributed by atoms with Crippen LogP contribution >= 0.6 is 0 Å². The number of nitrogens with one attached hydrogen (secondary N) is 1. The first-order chi connectivity index (χ1) is 14.8. The lowest BCUT2D eigenvalue weighted by atomic mass is 10.00. The second kappa shape index (κ2) is 7.58. The first-order valence-electron chi connectivity index (χ1n) is 9.84. The zero-order chi connectivity index (χ0) is 22.3. The summed E-state index contributed by atoms with van der Waals surface area (Å²) >= 11 is 0. The zero-order valence-corrected chi connectivity index (χ0v) is 18.4. The molecule has 0 aliphatic heterocycles. The molecule has 162 valence electrons. The van der Waals surface area contributed by atoms with Gasteiger partial charge in [0.25, 0.3) is 0 Å². The van der Waals surface area contributed by atoms with Crippen LogP contribution in [0.2, 0.25) is 0 Å². The molecule has 0 aliphatic carbocycles. The fourth-order valence-corrected chi connectivity index (χ4v) is 3.63. The van der Waals surface area contributed by atoms with E-state index in [-0.39, 0.29) is 5.54 Å². The molecule has 2 aromatic heterocycles. The Kier molecular flexibility index (Phi) is 5.05. The smallest absolute Gasteiger partial charge is 0.348 e. The molecule has 31 heavy (non-hydrogen) atoms. The van der Waals surface area contributed by atoms with Crippen molar-refractivity contribution in [2.45, 2.75) is 26.3 Å². The highest BCUT2D eigenvalue weighted by Gasteiger charge is 2.29. The summed E-state index contributed by atoms with van der Waals surface area (Å²) in [5.74, 6) is 1.94. The third-order valence-electron chi connectivity index (χ3n) is 4.90. The van der Waals surface area contributed by atoms with Gasteiger partial charge in [-0.3, -0.25) is 0 Å². The highest BCUT2D eigenvalue weighted by atomic mass is 16.5. The summed E-state index contributed by atoms with van der Waals surface area (Å²) in [6.45, 7) is 6.02. The van der Waals surface area contributed by atoms with E-state index in [0.717, 1.165) is 0 Å². The number of furan rings is 1. The number of methoxy groups -OCH3 is 3. The largest absolute Gasteiger partial charge is 0.496 e. The maximum atomic E-state index is 13.1. The van der Waals surface area contributed by atoms with Crippen LogP contribution < -0.4 is 25.2 Å². The van der Waals surface area contributed by atoms with Crippen LogP contribution in [0.4, 0.5) is 5.88 Å². The van der Waals surface area contributed by atoms with Crippen molar-refractivity contribution < 1.29 is 23.0 Å². The summed E-state index contributed by atoms with van der Waals surface area (Å²) in [7, 11) is 4.66. The van der Waals surface area contributed by atoms with E-state index in [9.17, 15) is 4.79 Å². The average Bonchev–Trinajstić information content (AvgIpc) is 3.10. The van der Waals surface area contributed by atoms with Crippen LogP contribution in [0.5, 0.6) is 17.2 Å². The normalized spacial score (nSPS) is 11.7. The number of anilines is 1. The average molecular weight is 423 g/mol. The molecule has 0 radical (unpaired) electrons. The van der Waals surface area contributed by atoms with Gasteiger partial charge in [-0.1, -0.05) is 12.1 Å². The molecule has 0 aliphatic rings. The molecule has 0 saturated heterocycles. The minimum atomic E-state index is -0.505. The van der Waals surface area contributed by atoms with E-state index in [4.69, 9.17) is 23.0 Å². The Labute approximate surface area is 179 Å². The number of hydrogen-bond acceptors (Lipinski definition) is 7. The fourth-order valence-electron chi connectivity index (χ4n) is 3.63. The SMILES string of the molecule is COc1cc(OC)c(-c2c(NC(C)(C)C)oc3c2c(=O)oc2ccccc23)c(OC)c1. The molecule has 2 heterocycles. The van der Waals surface area contributed by atoms with Gasteiger partial charge in [-0.15, -0.1) is 0 Å². The minimum Gasteiger partial charge on any atom is -0.496 e. The summed E-state index contributed by atoms with van der Waals surface area (Å²) in [6, 6.07) is 10.8. The lowest BCUT2D eigenvalue weighted by Crippen LogP contribution is -2.26. The molecule has 7 nitrogen and oxygen atoms in total. The monoisotopic (exact) mass is 423 g/mol. The molecule has 0 atom stereocenters. The van der Waals surface area contributed by atoms with Gasteiger partial charge in [0.2, 0.25) is 5.88 Å². The summed E-state index contributed by atoms with van der Waals surface area (Å²) in [4.78, 5) is 13.1. The van der Waals surface area contributed by atoms with E-state index in [1.807, 2.05) is 39.0 Å². The van der Waals surface area contributed by atoms with E-state index in [1.165, 1.54) is 0 Å².